The van der Waals surface area contributed by atoms with Crippen LogP contribution in [0.2, 0.25) is 10.0 Å². The Morgan fingerprint density at radius 2 is 2.07 bits per heavy atom. The fourth-order valence-corrected chi connectivity index (χ4v) is 1.84. The summed E-state index contributed by atoms with van der Waals surface area (Å²) in [5.74, 6) is 0. The van der Waals surface area contributed by atoms with Gasteiger partial charge in [0.05, 0.1) is 5.02 Å². The van der Waals surface area contributed by atoms with Crippen molar-refractivity contribution >= 4 is 45.8 Å². The Balaban J connectivity index is 2.55. The third kappa shape index (κ3) is 2.04. The molecule has 5 heteroatoms. The normalized spacial score (nSPS) is 10.5. The van der Waals surface area contributed by atoms with E-state index in [4.69, 9.17) is 27.6 Å². The van der Waals surface area contributed by atoms with Crippen LogP contribution >= 0.6 is 45.8 Å². The minimum Gasteiger partial charge on any atom is -0.440 e. The Morgan fingerprint density at radius 3 is 2.71 bits per heavy atom. The molecule has 0 saturated carbocycles. The number of nitrogens with zero attached hydrogens (tertiary/aromatic N) is 1. The van der Waals surface area contributed by atoms with E-state index in [1.54, 1.807) is 24.5 Å². The van der Waals surface area contributed by atoms with E-state index in [0.717, 1.165) is 5.56 Å². The lowest BCUT2D eigenvalue weighted by Crippen LogP contribution is -1.80. The highest BCUT2D eigenvalue weighted by molar-refractivity contribution is 14.1. The van der Waals surface area contributed by atoms with Crippen LogP contribution in [0.15, 0.2) is 28.9 Å². The second kappa shape index (κ2) is 4.08. The molecule has 0 atom stereocenters. The zero-order chi connectivity index (χ0) is 10.1. The van der Waals surface area contributed by atoms with Gasteiger partial charge in [-0.05, 0) is 18.2 Å². The van der Waals surface area contributed by atoms with Crippen molar-refractivity contribution in [1.82, 2.24) is 4.98 Å². The first-order valence-corrected chi connectivity index (χ1v) is 5.57. The van der Waals surface area contributed by atoms with Gasteiger partial charge in [0.15, 0.2) is 0 Å². The lowest BCUT2D eigenvalue weighted by Gasteiger charge is -1.99. The van der Waals surface area contributed by atoms with Gasteiger partial charge in [0, 0.05) is 33.2 Å². The number of benzene rings is 1. The molecule has 1 aromatic heterocycles. The monoisotopic (exact) mass is 339 g/mol. The van der Waals surface area contributed by atoms with Gasteiger partial charge in [-0.3, -0.25) is 0 Å². The Labute approximate surface area is 104 Å². The molecular formula is C9H4Cl2INO. The molecular weight excluding hydrogens is 336 g/mol. The highest BCUT2D eigenvalue weighted by atomic mass is 127. The van der Waals surface area contributed by atoms with E-state index in [0.29, 0.717) is 19.6 Å². The zero-order valence-corrected chi connectivity index (χ0v) is 10.5. The summed E-state index contributed by atoms with van der Waals surface area (Å²) >= 11 is 13.8. The van der Waals surface area contributed by atoms with Crippen LogP contribution in [0.3, 0.4) is 0 Å². The molecule has 1 heterocycles. The summed E-state index contributed by atoms with van der Waals surface area (Å²) in [6.45, 7) is 0. The van der Waals surface area contributed by atoms with Gasteiger partial charge in [-0.15, -0.1) is 0 Å². The molecule has 2 nitrogen and oxygen atoms in total. The highest BCUT2D eigenvalue weighted by Gasteiger charge is 2.08. The average molecular weight is 340 g/mol. The highest BCUT2D eigenvalue weighted by Crippen LogP contribution is 2.29. The van der Waals surface area contributed by atoms with Crippen LogP contribution < -0.4 is 0 Å². The van der Waals surface area contributed by atoms with E-state index in [9.17, 15) is 0 Å². The predicted molar refractivity (Wildman–Crippen MR) is 64.7 cm³/mol. The number of rotatable bonds is 1. The van der Waals surface area contributed by atoms with E-state index in [1.807, 2.05) is 22.6 Å². The van der Waals surface area contributed by atoms with Crippen LogP contribution in [0.5, 0.6) is 0 Å². The fourth-order valence-electron chi connectivity index (χ4n) is 1.07. The first-order valence-electron chi connectivity index (χ1n) is 3.73. The summed E-state index contributed by atoms with van der Waals surface area (Å²) < 4.78 is 5.67. The third-order valence-electron chi connectivity index (χ3n) is 1.68. The maximum Gasteiger partial charge on any atom is 0.257 e. The van der Waals surface area contributed by atoms with Crippen LogP contribution in [0, 0.1) is 3.90 Å². The molecule has 0 aliphatic heterocycles. The molecule has 0 bridgehead atoms. The summed E-state index contributed by atoms with van der Waals surface area (Å²) in [7, 11) is 0. The Hall–Kier alpha value is -0.260. The van der Waals surface area contributed by atoms with Crippen molar-refractivity contribution in [3.63, 3.8) is 0 Å². The van der Waals surface area contributed by atoms with Crippen molar-refractivity contribution in [3.05, 3.63) is 38.4 Å². The molecule has 0 unspecified atom stereocenters. The zero-order valence-electron chi connectivity index (χ0n) is 6.80. The first-order chi connectivity index (χ1) is 6.66. The van der Waals surface area contributed by atoms with Gasteiger partial charge in [0.1, 0.15) is 12.0 Å². The van der Waals surface area contributed by atoms with Gasteiger partial charge in [-0.25, -0.2) is 4.98 Å². The molecule has 1 aromatic carbocycles. The predicted octanol–water partition coefficient (Wildman–Crippen LogP) is 4.25. The number of halogens is 3. The fraction of sp³-hybridized carbons (Fsp3) is 0. The minimum atomic E-state index is 0.577. The molecule has 2 aromatic rings. The van der Waals surface area contributed by atoms with Crippen LogP contribution in [0.1, 0.15) is 0 Å². The van der Waals surface area contributed by atoms with Crippen molar-refractivity contribution < 1.29 is 4.42 Å². The summed E-state index contributed by atoms with van der Waals surface area (Å²) in [5.41, 5.74) is 1.48. The van der Waals surface area contributed by atoms with Crippen LogP contribution in [-0.2, 0) is 0 Å². The van der Waals surface area contributed by atoms with Crippen LogP contribution in [0.25, 0.3) is 11.3 Å². The molecule has 0 N–H and O–H groups in total. The van der Waals surface area contributed by atoms with Crippen molar-refractivity contribution in [2.45, 2.75) is 0 Å². The molecule has 0 fully saturated rings. The smallest absolute Gasteiger partial charge is 0.257 e. The molecule has 14 heavy (non-hydrogen) atoms. The van der Waals surface area contributed by atoms with Gasteiger partial charge in [0.2, 0.25) is 0 Å². The standard InChI is InChI=1S/C9H4Cl2INO/c10-5-1-2-7(11)6(3-5)8-4-14-9(12)13-8/h1-4H. The van der Waals surface area contributed by atoms with Crippen LogP contribution in [0.4, 0.5) is 0 Å². The SMILES string of the molecule is Clc1ccc(Cl)c(-c2coc(I)n2)c1. The Morgan fingerprint density at radius 1 is 1.29 bits per heavy atom. The van der Waals surface area contributed by atoms with Gasteiger partial charge in [-0.2, -0.15) is 0 Å². The number of hydrogen-bond acceptors (Lipinski definition) is 2. The second-order valence-electron chi connectivity index (χ2n) is 2.61. The van der Waals surface area contributed by atoms with Gasteiger partial charge < -0.3 is 4.42 Å². The number of aromatic nitrogens is 1. The lowest BCUT2D eigenvalue weighted by atomic mass is 10.2. The third-order valence-corrected chi connectivity index (χ3v) is 2.74. The molecule has 0 amide bonds. The maximum atomic E-state index is 6.00. The quantitative estimate of drug-likeness (QED) is 0.726. The summed E-state index contributed by atoms with van der Waals surface area (Å²) in [6, 6.07) is 5.23. The van der Waals surface area contributed by atoms with E-state index >= 15 is 0 Å². The second-order valence-corrected chi connectivity index (χ2v) is 4.38. The van der Waals surface area contributed by atoms with Crippen molar-refractivity contribution in [1.29, 1.82) is 0 Å². The Bertz CT molecular complexity index is 470. The Kier molecular flexibility index (Phi) is 2.99. The van der Waals surface area contributed by atoms with E-state index in [1.165, 1.54) is 0 Å². The largest absolute Gasteiger partial charge is 0.440 e. The van der Waals surface area contributed by atoms with Crippen molar-refractivity contribution in [2.24, 2.45) is 0 Å². The summed E-state index contributed by atoms with van der Waals surface area (Å²) in [4.78, 5) is 4.16. The molecule has 0 aliphatic rings. The van der Waals surface area contributed by atoms with Gasteiger partial charge in [-0.1, -0.05) is 23.2 Å². The van der Waals surface area contributed by atoms with E-state index in [-0.39, 0.29) is 0 Å². The van der Waals surface area contributed by atoms with Crippen molar-refractivity contribution in [3.8, 4) is 11.3 Å². The number of hydrogen-bond donors (Lipinski definition) is 0. The summed E-state index contributed by atoms with van der Waals surface area (Å²) in [6.07, 6.45) is 1.55. The van der Waals surface area contributed by atoms with Crippen LogP contribution in [-0.4, -0.2) is 4.98 Å². The molecule has 0 saturated heterocycles. The topological polar surface area (TPSA) is 26.0 Å². The van der Waals surface area contributed by atoms with Crippen molar-refractivity contribution in [2.75, 3.05) is 0 Å². The molecule has 0 radical (unpaired) electrons. The summed E-state index contributed by atoms with van der Waals surface area (Å²) in [5, 5.41) is 1.24. The van der Waals surface area contributed by atoms with E-state index in [2.05, 4.69) is 4.98 Å². The lowest BCUT2D eigenvalue weighted by molar-refractivity contribution is 0.525. The molecule has 0 spiro atoms. The molecule has 0 aliphatic carbocycles. The maximum absolute atomic E-state index is 6.00. The molecule has 2 rings (SSSR count). The van der Waals surface area contributed by atoms with Gasteiger partial charge in [0.25, 0.3) is 3.90 Å². The first kappa shape index (κ1) is 10.3. The van der Waals surface area contributed by atoms with E-state index < -0.39 is 0 Å². The average Bonchev–Trinajstić information content (AvgIpc) is 2.56. The van der Waals surface area contributed by atoms with Gasteiger partial charge >= 0.3 is 0 Å². The minimum absolute atomic E-state index is 0.577. The molecule has 72 valence electrons. The number of oxazole rings is 1.